The van der Waals surface area contributed by atoms with Gasteiger partial charge in [-0.05, 0) is 43.0 Å². The van der Waals surface area contributed by atoms with Crippen molar-refractivity contribution in [2.75, 3.05) is 39.8 Å². The Hall–Kier alpha value is -1.50. The molecule has 0 aromatic heterocycles. The van der Waals surface area contributed by atoms with E-state index < -0.39 is 5.54 Å². The molecular weight excluding hydrogens is 343 g/mol. The van der Waals surface area contributed by atoms with Crippen LogP contribution in [0.1, 0.15) is 44.7 Å². The van der Waals surface area contributed by atoms with Crippen LogP contribution < -0.4 is 11.1 Å². The summed E-state index contributed by atoms with van der Waals surface area (Å²) in [6.07, 6.45) is 2.68. The van der Waals surface area contributed by atoms with Crippen molar-refractivity contribution in [1.29, 1.82) is 0 Å². The average Bonchev–Trinajstić information content (AvgIpc) is 2.91. The molecule has 1 aromatic rings. The molecule has 0 radical (unpaired) electrons. The Balaban J connectivity index is 1.73. The van der Waals surface area contributed by atoms with Crippen LogP contribution in [0.3, 0.4) is 0 Å². The minimum absolute atomic E-state index is 0.0244. The fourth-order valence-corrected chi connectivity index (χ4v) is 4.41. The second-order valence-corrected chi connectivity index (χ2v) is 8.83. The third-order valence-corrected chi connectivity index (χ3v) is 6.68. The van der Waals surface area contributed by atoms with Crippen LogP contribution in [-0.2, 0) is 4.79 Å². The number of benzene rings is 1. The summed E-state index contributed by atoms with van der Waals surface area (Å²) in [4.78, 5) is 17.7. The zero-order valence-corrected chi connectivity index (χ0v) is 16.8. The van der Waals surface area contributed by atoms with Gasteiger partial charge in [0.15, 0.2) is 0 Å². The summed E-state index contributed by atoms with van der Waals surface area (Å²) in [5, 5.41) is 3.13. The van der Waals surface area contributed by atoms with Gasteiger partial charge in [0.2, 0.25) is 5.91 Å². The zero-order chi connectivity index (χ0) is 19.7. The van der Waals surface area contributed by atoms with Gasteiger partial charge in [0.05, 0.1) is 6.04 Å². The Morgan fingerprint density at radius 3 is 2.37 bits per heavy atom. The van der Waals surface area contributed by atoms with Crippen LogP contribution in [0.5, 0.6) is 0 Å². The summed E-state index contributed by atoms with van der Waals surface area (Å²) in [5.74, 6) is -0.306. The number of nitrogens with zero attached hydrogens (tertiary/aromatic N) is 2. The van der Waals surface area contributed by atoms with Crippen molar-refractivity contribution in [3.8, 4) is 0 Å². The molecule has 0 spiro atoms. The van der Waals surface area contributed by atoms with Gasteiger partial charge in [-0.15, -0.1) is 0 Å². The van der Waals surface area contributed by atoms with Crippen molar-refractivity contribution >= 4 is 5.91 Å². The van der Waals surface area contributed by atoms with Crippen molar-refractivity contribution in [3.63, 3.8) is 0 Å². The van der Waals surface area contributed by atoms with Gasteiger partial charge in [0, 0.05) is 32.7 Å². The molecule has 6 heteroatoms. The van der Waals surface area contributed by atoms with E-state index in [1.807, 2.05) is 12.1 Å². The molecule has 0 bridgehead atoms. The maximum Gasteiger partial charge on any atom is 0.240 e. The number of amides is 1. The minimum Gasteiger partial charge on any atom is -0.353 e. The highest BCUT2D eigenvalue weighted by molar-refractivity contribution is 5.87. The molecule has 3 rings (SSSR count). The molecule has 5 nitrogen and oxygen atoms in total. The number of nitrogens with one attached hydrogen (secondary N) is 1. The lowest BCUT2D eigenvalue weighted by atomic mass is 9.75. The van der Waals surface area contributed by atoms with Crippen molar-refractivity contribution in [3.05, 3.63) is 35.6 Å². The van der Waals surface area contributed by atoms with E-state index in [2.05, 4.69) is 36.0 Å². The lowest BCUT2D eigenvalue weighted by Gasteiger charge is -2.40. The van der Waals surface area contributed by atoms with E-state index in [1.165, 1.54) is 12.1 Å². The van der Waals surface area contributed by atoms with Gasteiger partial charge in [0.1, 0.15) is 11.4 Å². The molecule has 1 saturated heterocycles. The fraction of sp³-hybridized carbons (Fsp3) is 0.667. The molecule has 1 aliphatic carbocycles. The van der Waals surface area contributed by atoms with Gasteiger partial charge < -0.3 is 16.0 Å². The van der Waals surface area contributed by atoms with E-state index in [0.29, 0.717) is 6.54 Å². The average molecular weight is 377 g/mol. The number of hydrogen-bond acceptors (Lipinski definition) is 4. The van der Waals surface area contributed by atoms with Gasteiger partial charge in [-0.2, -0.15) is 0 Å². The first-order chi connectivity index (χ1) is 12.7. The molecule has 2 unspecified atom stereocenters. The summed E-state index contributed by atoms with van der Waals surface area (Å²) < 4.78 is 13.4. The number of carbonyl (C=O) groups excluding carboxylic acids is 1. The lowest BCUT2D eigenvalue weighted by Crippen LogP contribution is -2.61. The smallest absolute Gasteiger partial charge is 0.240 e. The molecule has 1 amide bonds. The van der Waals surface area contributed by atoms with Gasteiger partial charge >= 0.3 is 0 Å². The first kappa shape index (κ1) is 20.2. The van der Waals surface area contributed by atoms with Crippen LogP contribution in [0.25, 0.3) is 0 Å². The molecule has 3 N–H and O–H groups in total. The Morgan fingerprint density at radius 2 is 1.81 bits per heavy atom. The molecule has 2 aliphatic rings. The van der Waals surface area contributed by atoms with Crippen LogP contribution in [0.15, 0.2) is 24.3 Å². The van der Waals surface area contributed by atoms with Crippen LogP contribution >= 0.6 is 0 Å². The standard InChI is InChI=1S/C21H33FN4O/c1-20(2)9-4-10-21(20,23)19(27)24-15-18(16-5-7-17(22)8-6-16)26-13-11-25(3)12-14-26/h5-8,18H,4,9-15,23H2,1-3H3,(H,24,27). The second kappa shape index (κ2) is 7.86. The SMILES string of the molecule is CN1CCN(C(CNC(=O)C2(N)CCCC2(C)C)c2ccc(F)cc2)CC1. The molecule has 2 fully saturated rings. The van der Waals surface area contributed by atoms with Crippen molar-refractivity contribution in [2.24, 2.45) is 11.1 Å². The largest absolute Gasteiger partial charge is 0.353 e. The number of piperazine rings is 1. The topological polar surface area (TPSA) is 61.6 Å². The summed E-state index contributed by atoms with van der Waals surface area (Å²) in [7, 11) is 2.12. The fourth-order valence-electron chi connectivity index (χ4n) is 4.41. The molecule has 1 heterocycles. The van der Waals surface area contributed by atoms with Gasteiger partial charge in [-0.1, -0.05) is 32.4 Å². The number of rotatable bonds is 5. The van der Waals surface area contributed by atoms with Crippen LogP contribution in [0.2, 0.25) is 0 Å². The van der Waals surface area contributed by atoms with Crippen LogP contribution in [0.4, 0.5) is 4.39 Å². The molecule has 150 valence electrons. The summed E-state index contributed by atoms with van der Waals surface area (Å²) >= 11 is 0. The third kappa shape index (κ3) is 4.18. The third-order valence-electron chi connectivity index (χ3n) is 6.68. The number of hydrogen-bond donors (Lipinski definition) is 2. The Labute approximate surface area is 162 Å². The van der Waals surface area contributed by atoms with E-state index in [-0.39, 0.29) is 23.2 Å². The lowest BCUT2D eigenvalue weighted by molar-refractivity contribution is -0.129. The second-order valence-electron chi connectivity index (χ2n) is 8.83. The van der Waals surface area contributed by atoms with Gasteiger partial charge in [-0.25, -0.2) is 4.39 Å². The summed E-state index contributed by atoms with van der Waals surface area (Å²) in [6, 6.07) is 6.65. The number of halogens is 1. The predicted octanol–water partition coefficient (Wildman–Crippen LogP) is 2.14. The molecule has 1 saturated carbocycles. The highest BCUT2D eigenvalue weighted by Crippen LogP contribution is 2.44. The van der Waals surface area contributed by atoms with E-state index in [9.17, 15) is 9.18 Å². The first-order valence-electron chi connectivity index (χ1n) is 9.98. The highest BCUT2D eigenvalue weighted by atomic mass is 19.1. The van der Waals surface area contributed by atoms with Crippen molar-refractivity contribution in [1.82, 2.24) is 15.1 Å². The normalized spacial score (nSPS) is 27.4. The molecular formula is C21H33FN4O. The van der Waals surface area contributed by atoms with Gasteiger partial charge in [-0.3, -0.25) is 9.69 Å². The Bertz CT molecular complexity index is 655. The van der Waals surface area contributed by atoms with Crippen LogP contribution in [-0.4, -0.2) is 61.0 Å². The zero-order valence-electron chi connectivity index (χ0n) is 16.8. The number of likely N-dealkylation sites (N-methyl/N-ethyl adjacent to an activating group) is 1. The van der Waals surface area contributed by atoms with E-state index in [1.54, 1.807) is 0 Å². The molecule has 27 heavy (non-hydrogen) atoms. The van der Waals surface area contributed by atoms with Crippen molar-refractivity contribution < 1.29 is 9.18 Å². The quantitative estimate of drug-likeness (QED) is 0.827. The van der Waals surface area contributed by atoms with E-state index >= 15 is 0 Å². The predicted molar refractivity (Wildman–Crippen MR) is 106 cm³/mol. The number of carbonyl (C=O) groups is 1. The minimum atomic E-state index is -0.817. The van der Waals surface area contributed by atoms with E-state index in [0.717, 1.165) is 51.0 Å². The molecule has 2 atom stereocenters. The molecule has 1 aliphatic heterocycles. The highest BCUT2D eigenvalue weighted by Gasteiger charge is 2.51. The van der Waals surface area contributed by atoms with Crippen LogP contribution in [0, 0.1) is 11.2 Å². The molecule has 1 aromatic carbocycles. The summed E-state index contributed by atoms with van der Waals surface area (Å²) in [6.45, 7) is 8.47. The number of nitrogens with two attached hydrogens (primary N) is 1. The summed E-state index contributed by atoms with van der Waals surface area (Å²) in [5.41, 5.74) is 6.55. The van der Waals surface area contributed by atoms with Gasteiger partial charge in [0.25, 0.3) is 0 Å². The van der Waals surface area contributed by atoms with Crippen molar-refractivity contribution in [2.45, 2.75) is 44.7 Å². The first-order valence-corrected chi connectivity index (χ1v) is 9.98. The maximum atomic E-state index is 13.4. The monoisotopic (exact) mass is 376 g/mol. The Morgan fingerprint density at radius 1 is 1.19 bits per heavy atom. The Kier molecular flexibility index (Phi) is 5.89. The maximum absolute atomic E-state index is 13.4. The van der Waals surface area contributed by atoms with E-state index in [4.69, 9.17) is 5.73 Å².